The maximum Gasteiger partial charge on any atom is 0.0831 e. The number of aliphatic hydroxyl groups is 1. The predicted molar refractivity (Wildman–Crippen MR) is 49.7 cm³/mol. The van der Waals surface area contributed by atoms with Gasteiger partial charge < -0.3 is 15.2 Å². The minimum absolute atomic E-state index is 0.199. The summed E-state index contributed by atoms with van der Waals surface area (Å²) in [6, 6.07) is 0.306. The lowest BCUT2D eigenvalue weighted by molar-refractivity contribution is 0.0718. The van der Waals surface area contributed by atoms with E-state index in [1.807, 2.05) is 0 Å². The Morgan fingerprint density at radius 2 is 2.31 bits per heavy atom. The molecule has 0 amide bonds. The second-order valence-corrected chi connectivity index (χ2v) is 3.93. The van der Waals surface area contributed by atoms with E-state index in [0.717, 1.165) is 32.6 Å². The molecule has 0 aromatic rings. The topological polar surface area (TPSA) is 44.7 Å². The molecule has 0 aromatic heterocycles. The molecule has 0 radical (unpaired) electrons. The molecule has 0 aromatic carbocycles. The fraction of sp³-hybridized carbons (Fsp3) is 1.00. The van der Waals surface area contributed by atoms with Crippen molar-refractivity contribution in [2.24, 2.45) is 0 Å². The molecule has 3 atom stereocenters. The Hall–Kier alpha value is -0.160. The predicted octanol–water partition coefficient (Wildman–Crippen LogP) is -0.960. The van der Waals surface area contributed by atoms with E-state index in [2.05, 4.69) is 10.2 Å². The van der Waals surface area contributed by atoms with Crippen LogP contribution in [-0.2, 0) is 4.74 Å². The molecule has 0 spiro atoms. The summed E-state index contributed by atoms with van der Waals surface area (Å²) in [5.41, 5.74) is 0. The lowest BCUT2D eigenvalue weighted by Gasteiger charge is -2.25. The van der Waals surface area contributed by atoms with Gasteiger partial charge in [-0.05, 0) is 6.42 Å². The number of rotatable bonds is 2. The number of hydrogen-bond donors (Lipinski definition) is 2. The first-order chi connectivity index (χ1) is 6.31. The molecule has 4 heteroatoms. The maximum absolute atomic E-state index is 9.66. The van der Waals surface area contributed by atoms with E-state index in [1.165, 1.54) is 0 Å². The van der Waals surface area contributed by atoms with Crippen LogP contribution in [0.15, 0.2) is 0 Å². The summed E-state index contributed by atoms with van der Waals surface area (Å²) < 4.78 is 5.29. The Kier molecular flexibility index (Phi) is 2.83. The molecule has 2 saturated heterocycles. The molecule has 0 bridgehead atoms. The highest BCUT2D eigenvalue weighted by atomic mass is 16.5. The molecule has 76 valence electrons. The molecule has 2 aliphatic rings. The van der Waals surface area contributed by atoms with Crippen molar-refractivity contribution >= 4 is 0 Å². The Morgan fingerprint density at radius 3 is 2.85 bits per heavy atom. The highest BCUT2D eigenvalue weighted by Gasteiger charge is 2.34. The third-order valence-electron chi connectivity index (χ3n) is 3.13. The summed E-state index contributed by atoms with van der Waals surface area (Å²) in [5, 5.41) is 12.9. The fourth-order valence-corrected chi connectivity index (χ4v) is 2.27. The van der Waals surface area contributed by atoms with E-state index in [-0.39, 0.29) is 6.10 Å². The number of β-amino-alcohol motifs (C(OH)–C–C–N with tert-alkyl or cyclic N) is 1. The van der Waals surface area contributed by atoms with Crippen LogP contribution in [0.5, 0.6) is 0 Å². The van der Waals surface area contributed by atoms with Crippen molar-refractivity contribution in [2.45, 2.75) is 24.7 Å². The number of ether oxygens (including phenoxy) is 1. The van der Waals surface area contributed by atoms with E-state index >= 15 is 0 Å². The minimum Gasteiger partial charge on any atom is -0.390 e. The lowest BCUT2D eigenvalue weighted by atomic mass is 10.2. The van der Waals surface area contributed by atoms with E-state index < -0.39 is 0 Å². The summed E-state index contributed by atoms with van der Waals surface area (Å²) in [5.74, 6) is 0. The lowest BCUT2D eigenvalue weighted by Crippen LogP contribution is -2.42. The van der Waals surface area contributed by atoms with Crippen molar-refractivity contribution in [3.63, 3.8) is 0 Å². The van der Waals surface area contributed by atoms with E-state index in [1.54, 1.807) is 7.11 Å². The van der Waals surface area contributed by atoms with Gasteiger partial charge in [0.25, 0.3) is 0 Å². The van der Waals surface area contributed by atoms with Gasteiger partial charge in [-0.2, -0.15) is 0 Å². The monoisotopic (exact) mass is 186 g/mol. The van der Waals surface area contributed by atoms with Gasteiger partial charge in [0, 0.05) is 39.3 Å². The van der Waals surface area contributed by atoms with Gasteiger partial charge in [0.05, 0.1) is 12.2 Å². The van der Waals surface area contributed by atoms with Crippen molar-refractivity contribution in [3.8, 4) is 0 Å². The fourth-order valence-electron chi connectivity index (χ4n) is 2.27. The molecule has 0 saturated carbocycles. The third-order valence-corrected chi connectivity index (χ3v) is 3.13. The first-order valence-corrected chi connectivity index (χ1v) is 4.97. The van der Waals surface area contributed by atoms with Crippen molar-refractivity contribution < 1.29 is 9.84 Å². The van der Waals surface area contributed by atoms with Crippen LogP contribution in [0.25, 0.3) is 0 Å². The first kappa shape index (κ1) is 9.40. The second-order valence-electron chi connectivity index (χ2n) is 3.93. The number of hydrogen-bond acceptors (Lipinski definition) is 4. The third kappa shape index (κ3) is 1.86. The van der Waals surface area contributed by atoms with Crippen molar-refractivity contribution in [1.82, 2.24) is 10.2 Å². The van der Waals surface area contributed by atoms with E-state index in [4.69, 9.17) is 4.74 Å². The molecule has 4 nitrogen and oxygen atoms in total. The van der Waals surface area contributed by atoms with Crippen LogP contribution >= 0.6 is 0 Å². The van der Waals surface area contributed by atoms with Crippen LogP contribution in [0.2, 0.25) is 0 Å². The van der Waals surface area contributed by atoms with Gasteiger partial charge in [0.2, 0.25) is 0 Å². The van der Waals surface area contributed by atoms with Gasteiger partial charge in [0.15, 0.2) is 0 Å². The number of nitrogens with one attached hydrogen (secondary N) is 1. The van der Waals surface area contributed by atoms with E-state index in [0.29, 0.717) is 12.1 Å². The van der Waals surface area contributed by atoms with Gasteiger partial charge in [0.1, 0.15) is 0 Å². The van der Waals surface area contributed by atoms with Gasteiger partial charge in [-0.1, -0.05) is 0 Å². The summed E-state index contributed by atoms with van der Waals surface area (Å²) in [7, 11) is 1.76. The Bertz CT molecular complexity index is 177. The average molecular weight is 186 g/mol. The van der Waals surface area contributed by atoms with Crippen LogP contribution in [0.1, 0.15) is 6.42 Å². The number of methoxy groups -OCH3 is 1. The molecule has 13 heavy (non-hydrogen) atoms. The summed E-state index contributed by atoms with van der Waals surface area (Å²) in [6.07, 6.45) is 1.27. The second kappa shape index (κ2) is 3.92. The zero-order chi connectivity index (χ0) is 9.26. The number of likely N-dealkylation sites (tertiary alicyclic amines) is 1. The molecule has 2 rings (SSSR count). The minimum atomic E-state index is -0.199. The van der Waals surface area contributed by atoms with Crippen molar-refractivity contribution in [1.29, 1.82) is 0 Å². The Balaban J connectivity index is 1.88. The molecule has 0 aliphatic carbocycles. The van der Waals surface area contributed by atoms with E-state index in [9.17, 15) is 5.11 Å². The smallest absolute Gasteiger partial charge is 0.0831 e. The molecule has 2 aliphatic heterocycles. The van der Waals surface area contributed by atoms with Crippen molar-refractivity contribution in [2.75, 3.05) is 33.3 Å². The average Bonchev–Trinajstić information content (AvgIpc) is 2.71. The Labute approximate surface area is 78.9 Å². The zero-order valence-electron chi connectivity index (χ0n) is 8.07. The molecule has 2 fully saturated rings. The SMILES string of the molecule is CO[C@@H]1CCN([C@@H]2CNC[C@H]2O)C1. The molecule has 2 heterocycles. The summed E-state index contributed by atoms with van der Waals surface area (Å²) in [6.45, 7) is 3.68. The van der Waals surface area contributed by atoms with Crippen LogP contribution in [0.3, 0.4) is 0 Å². The first-order valence-electron chi connectivity index (χ1n) is 4.97. The standard InChI is InChI=1S/C9H18N2O2/c1-13-7-2-3-11(6-7)8-4-10-5-9(8)12/h7-10,12H,2-6H2,1H3/t7-,8-,9-/m1/s1. The maximum atomic E-state index is 9.66. The number of aliphatic hydroxyl groups excluding tert-OH is 1. The largest absolute Gasteiger partial charge is 0.390 e. The highest BCUT2D eigenvalue weighted by Crippen LogP contribution is 2.18. The van der Waals surface area contributed by atoms with Gasteiger partial charge in [-0.3, -0.25) is 4.90 Å². The molecule has 0 unspecified atom stereocenters. The van der Waals surface area contributed by atoms with Crippen LogP contribution < -0.4 is 5.32 Å². The van der Waals surface area contributed by atoms with Gasteiger partial charge in [-0.15, -0.1) is 0 Å². The van der Waals surface area contributed by atoms with Crippen LogP contribution in [0.4, 0.5) is 0 Å². The normalized spacial score (nSPS) is 41.5. The Morgan fingerprint density at radius 1 is 1.46 bits per heavy atom. The molecular weight excluding hydrogens is 168 g/mol. The van der Waals surface area contributed by atoms with Crippen molar-refractivity contribution in [3.05, 3.63) is 0 Å². The van der Waals surface area contributed by atoms with Crippen LogP contribution in [-0.4, -0.2) is 61.5 Å². The summed E-state index contributed by atoms with van der Waals surface area (Å²) >= 11 is 0. The highest BCUT2D eigenvalue weighted by molar-refractivity contribution is 4.92. The van der Waals surface area contributed by atoms with Gasteiger partial charge >= 0.3 is 0 Å². The quantitative estimate of drug-likeness (QED) is 0.583. The molecule has 2 N–H and O–H groups in total. The zero-order valence-corrected chi connectivity index (χ0v) is 8.07. The van der Waals surface area contributed by atoms with Crippen LogP contribution in [0, 0.1) is 0 Å². The summed E-state index contributed by atoms with van der Waals surface area (Å²) in [4.78, 5) is 2.33. The number of nitrogens with zero attached hydrogens (tertiary/aromatic N) is 1. The van der Waals surface area contributed by atoms with Gasteiger partial charge in [-0.25, -0.2) is 0 Å². The molecular formula is C9H18N2O2.